The van der Waals surface area contributed by atoms with Gasteiger partial charge in [0.15, 0.2) is 0 Å². The fourth-order valence-electron chi connectivity index (χ4n) is 5.34. The molecule has 206 valence electrons. The zero-order valence-electron chi connectivity index (χ0n) is 21.7. The molecule has 0 spiro atoms. The van der Waals surface area contributed by atoms with Crippen molar-refractivity contribution in [2.45, 2.75) is 31.1 Å². The van der Waals surface area contributed by atoms with Crippen molar-refractivity contribution in [3.05, 3.63) is 140 Å². The topological polar surface area (TPSA) is 139 Å². The van der Waals surface area contributed by atoms with E-state index in [1.54, 1.807) is 24.3 Å². The number of esters is 2. The fraction of sp³-hybridized carbons (Fsp3) is 0.161. The molecule has 0 N–H and O–H groups in total. The molecule has 1 saturated carbocycles. The molecule has 1 aliphatic rings. The third kappa shape index (κ3) is 5.53. The van der Waals surface area contributed by atoms with E-state index in [9.17, 15) is 29.8 Å². The summed E-state index contributed by atoms with van der Waals surface area (Å²) in [4.78, 5) is 46.5. The van der Waals surface area contributed by atoms with Crippen LogP contribution in [0.5, 0.6) is 11.5 Å². The predicted molar refractivity (Wildman–Crippen MR) is 148 cm³/mol. The fourth-order valence-corrected chi connectivity index (χ4v) is 5.34. The summed E-state index contributed by atoms with van der Waals surface area (Å²) in [6, 6.07) is 25.5. The second-order valence-corrected chi connectivity index (χ2v) is 9.67. The summed E-state index contributed by atoms with van der Waals surface area (Å²) >= 11 is 0. The van der Waals surface area contributed by atoms with Gasteiger partial charge in [-0.1, -0.05) is 61.4 Å². The van der Waals surface area contributed by atoms with E-state index in [0.717, 1.165) is 36.8 Å². The Balaban J connectivity index is 1.34. The van der Waals surface area contributed by atoms with E-state index in [1.165, 1.54) is 48.5 Å². The third-order valence-corrected chi connectivity index (χ3v) is 7.33. The summed E-state index contributed by atoms with van der Waals surface area (Å²) in [5.74, 6) is -1.09. The molecule has 0 aliphatic heterocycles. The molecule has 0 atom stereocenters. The molecule has 10 heteroatoms. The summed E-state index contributed by atoms with van der Waals surface area (Å²) < 4.78 is 10.9. The molecular formula is C31H24N2O8. The van der Waals surface area contributed by atoms with Gasteiger partial charge < -0.3 is 9.47 Å². The first-order valence-electron chi connectivity index (χ1n) is 12.9. The van der Waals surface area contributed by atoms with Gasteiger partial charge >= 0.3 is 11.9 Å². The number of hydrogen-bond acceptors (Lipinski definition) is 8. The van der Waals surface area contributed by atoms with E-state index < -0.39 is 21.8 Å². The molecule has 0 unspecified atom stereocenters. The van der Waals surface area contributed by atoms with Gasteiger partial charge in [-0.25, -0.2) is 9.59 Å². The molecule has 0 radical (unpaired) electrons. The normalized spacial score (nSPS) is 13.8. The first-order chi connectivity index (χ1) is 19.8. The number of benzene rings is 4. The Morgan fingerprint density at radius 2 is 0.951 bits per heavy atom. The van der Waals surface area contributed by atoms with Crippen molar-refractivity contribution in [2.24, 2.45) is 0 Å². The third-order valence-electron chi connectivity index (χ3n) is 7.33. The van der Waals surface area contributed by atoms with Gasteiger partial charge in [0.2, 0.25) is 0 Å². The van der Waals surface area contributed by atoms with Crippen LogP contribution in [0.4, 0.5) is 11.4 Å². The summed E-state index contributed by atoms with van der Waals surface area (Å²) in [7, 11) is 0. The molecule has 4 aromatic carbocycles. The van der Waals surface area contributed by atoms with E-state index >= 15 is 0 Å². The van der Waals surface area contributed by atoms with Gasteiger partial charge in [0.1, 0.15) is 22.6 Å². The van der Waals surface area contributed by atoms with E-state index in [1.807, 2.05) is 24.3 Å². The molecule has 10 nitrogen and oxygen atoms in total. The smallest absolute Gasteiger partial charge is 0.350 e. The van der Waals surface area contributed by atoms with Gasteiger partial charge in [-0.3, -0.25) is 20.2 Å². The number of rotatable bonds is 8. The minimum atomic E-state index is -0.813. The number of hydrogen-bond donors (Lipinski definition) is 0. The summed E-state index contributed by atoms with van der Waals surface area (Å²) in [5, 5.41) is 22.5. The lowest BCUT2D eigenvalue weighted by Crippen LogP contribution is -2.23. The highest BCUT2D eigenvalue weighted by molar-refractivity contribution is 5.95. The maximum Gasteiger partial charge on any atom is 0.350 e. The monoisotopic (exact) mass is 552 g/mol. The van der Waals surface area contributed by atoms with Crippen LogP contribution in [0.25, 0.3) is 0 Å². The van der Waals surface area contributed by atoms with E-state index in [2.05, 4.69) is 0 Å². The van der Waals surface area contributed by atoms with E-state index in [-0.39, 0.29) is 39.4 Å². The largest absolute Gasteiger partial charge is 0.423 e. The van der Waals surface area contributed by atoms with E-state index in [4.69, 9.17) is 9.47 Å². The second-order valence-electron chi connectivity index (χ2n) is 9.67. The number of nitro benzene ring substituents is 2. The number of ether oxygens (including phenoxy) is 2. The zero-order chi connectivity index (χ0) is 29.0. The Kier molecular flexibility index (Phi) is 7.55. The number of nitro groups is 2. The van der Waals surface area contributed by atoms with Gasteiger partial charge in [0.05, 0.1) is 9.85 Å². The van der Waals surface area contributed by atoms with Gasteiger partial charge in [-0.05, 0) is 60.4 Å². The van der Waals surface area contributed by atoms with Crippen LogP contribution in [0.2, 0.25) is 0 Å². The van der Waals surface area contributed by atoms with Crippen molar-refractivity contribution in [1.82, 2.24) is 0 Å². The molecule has 0 bridgehead atoms. The van der Waals surface area contributed by atoms with E-state index in [0.29, 0.717) is 0 Å². The Morgan fingerprint density at radius 1 is 0.585 bits per heavy atom. The molecule has 0 heterocycles. The van der Waals surface area contributed by atoms with Gasteiger partial charge in [0.25, 0.3) is 11.4 Å². The quantitative estimate of drug-likeness (QED) is 0.101. The molecule has 1 fully saturated rings. The van der Waals surface area contributed by atoms with Gasteiger partial charge in [-0.15, -0.1) is 0 Å². The van der Waals surface area contributed by atoms with Crippen LogP contribution in [0.15, 0.2) is 97.1 Å². The predicted octanol–water partition coefficient (Wildman–Crippen LogP) is 6.80. The first-order valence-corrected chi connectivity index (χ1v) is 12.9. The number of nitrogens with zero attached hydrogens (tertiary/aromatic N) is 2. The Labute approximate surface area is 234 Å². The first kappa shape index (κ1) is 27.2. The van der Waals surface area contributed by atoms with Crippen LogP contribution in [0.3, 0.4) is 0 Å². The van der Waals surface area contributed by atoms with Crippen molar-refractivity contribution in [3.8, 4) is 11.5 Å². The highest BCUT2D eigenvalue weighted by Gasteiger charge is 2.37. The van der Waals surface area contributed by atoms with Gasteiger partial charge in [-0.2, -0.15) is 0 Å². The summed E-state index contributed by atoms with van der Waals surface area (Å²) in [5.41, 5.74) is 0.829. The van der Waals surface area contributed by atoms with Crippen molar-refractivity contribution in [1.29, 1.82) is 0 Å². The van der Waals surface area contributed by atoms with Gasteiger partial charge in [0, 0.05) is 17.5 Å². The second kappa shape index (κ2) is 11.4. The van der Waals surface area contributed by atoms with Crippen LogP contribution >= 0.6 is 0 Å². The van der Waals surface area contributed by atoms with Crippen LogP contribution in [-0.4, -0.2) is 21.8 Å². The minimum absolute atomic E-state index is 0.128. The lowest BCUT2D eigenvalue weighted by Gasteiger charge is -2.30. The van der Waals surface area contributed by atoms with Crippen molar-refractivity contribution >= 4 is 23.3 Å². The zero-order valence-corrected chi connectivity index (χ0v) is 21.7. The number of para-hydroxylation sites is 2. The van der Waals surface area contributed by atoms with Crippen LogP contribution in [0.1, 0.15) is 57.5 Å². The average Bonchev–Trinajstić information content (AvgIpc) is 3.49. The minimum Gasteiger partial charge on any atom is -0.423 e. The molecule has 5 rings (SSSR count). The SMILES string of the molecule is O=C(Oc1ccc(C2(c3ccc(OC(=O)c4ccccc4[N+](=O)[O-])cc3)CCCC2)cc1)c1ccccc1[N+](=O)[O-]. The standard InChI is InChI=1S/C31H24N2O8/c34-29(25-7-1-3-9-27(25)32(36)37)40-23-15-11-21(12-16-23)31(19-5-6-20-31)22-13-17-24(18-14-22)41-30(35)26-8-2-4-10-28(26)33(38)39/h1-4,7-18H,5-6,19-20H2. The van der Waals surface area contributed by atoms with Crippen LogP contribution in [-0.2, 0) is 5.41 Å². The highest BCUT2D eigenvalue weighted by Crippen LogP contribution is 2.47. The molecular weight excluding hydrogens is 528 g/mol. The lowest BCUT2D eigenvalue weighted by molar-refractivity contribution is -0.385. The van der Waals surface area contributed by atoms with Crippen LogP contribution in [0, 0.1) is 20.2 Å². The molecule has 0 saturated heterocycles. The summed E-state index contributed by atoms with van der Waals surface area (Å²) in [6.45, 7) is 0. The highest BCUT2D eigenvalue weighted by atomic mass is 16.6. The Morgan fingerprint density at radius 3 is 1.32 bits per heavy atom. The maximum absolute atomic E-state index is 12.6. The molecule has 0 aromatic heterocycles. The maximum atomic E-state index is 12.6. The van der Waals surface area contributed by atoms with Crippen LogP contribution < -0.4 is 9.47 Å². The summed E-state index contributed by atoms with van der Waals surface area (Å²) in [6.07, 6.45) is 3.81. The van der Waals surface area contributed by atoms with Crippen molar-refractivity contribution in [2.75, 3.05) is 0 Å². The van der Waals surface area contributed by atoms with Crippen molar-refractivity contribution in [3.63, 3.8) is 0 Å². The molecule has 4 aromatic rings. The number of carbonyl (C=O) groups excluding carboxylic acids is 2. The van der Waals surface area contributed by atoms with Crippen molar-refractivity contribution < 1.29 is 28.9 Å². The number of carbonyl (C=O) groups is 2. The molecule has 0 amide bonds. The average molecular weight is 553 g/mol. The molecule has 1 aliphatic carbocycles. The lowest BCUT2D eigenvalue weighted by atomic mass is 9.73. The Bertz CT molecular complexity index is 1510. The Hall–Kier alpha value is -5.38. The molecule has 41 heavy (non-hydrogen) atoms.